The van der Waals surface area contributed by atoms with Crippen LogP contribution < -0.4 is 5.73 Å². The minimum atomic E-state index is -0.653. The van der Waals surface area contributed by atoms with Gasteiger partial charge in [-0.05, 0) is 21.0 Å². The van der Waals surface area contributed by atoms with E-state index in [9.17, 15) is 10.1 Å². The van der Waals surface area contributed by atoms with Gasteiger partial charge in [0, 0.05) is 5.10 Å². The van der Waals surface area contributed by atoms with Crippen LogP contribution in [-0.2, 0) is 0 Å². The first-order valence-corrected chi connectivity index (χ1v) is 6.63. The summed E-state index contributed by atoms with van der Waals surface area (Å²) in [5.41, 5.74) is 7.67. The van der Waals surface area contributed by atoms with Crippen molar-refractivity contribution in [1.82, 2.24) is 14.8 Å². The van der Waals surface area contributed by atoms with Crippen molar-refractivity contribution in [1.29, 1.82) is 0 Å². The van der Waals surface area contributed by atoms with E-state index in [4.69, 9.17) is 5.73 Å². The standard InChI is InChI=1S/C15H13N5O2/c16-14-17-15(20(21)22)18-19(14)13(11-7-3-1-4-8-11)12-9-5-2-6-10-12/h1-10,13H,(H2,16,17,18). The normalized spacial score (nSPS) is 10.8. The Hall–Kier alpha value is -3.22. The molecule has 3 rings (SSSR count). The summed E-state index contributed by atoms with van der Waals surface area (Å²) in [6.45, 7) is 0. The Morgan fingerprint density at radius 3 is 1.91 bits per heavy atom. The van der Waals surface area contributed by atoms with Crippen molar-refractivity contribution in [2.24, 2.45) is 0 Å². The van der Waals surface area contributed by atoms with Crippen LogP contribution in [0.2, 0.25) is 0 Å². The maximum absolute atomic E-state index is 10.9. The number of aromatic nitrogens is 3. The fourth-order valence-electron chi connectivity index (χ4n) is 2.34. The van der Waals surface area contributed by atoms with E-state index in [-0.39, 0.29) is 12.0 Å². The molecule has 0 radical (unpaired) electrons. The Morgan fingerprint density at radius 1 is 1.00 bits per heavy atom. The van der Waals surface area contributed by atoms with Crippen LogP contribution in [0.15, 0.2) is 60.7 Å². The molecule has 0 atom stereocenters. The molecule has 0 aliphatic rings. The summed E-state index contributed by atoms with van der Waals surface area (Å²) in [5.74, 6) is -0.501. The quantitative estimate of drug-likeness (QED) is 0.588. The van der Waals surface area contributed by atoms with E-state index in [1.165, 1.54) is 4.68 Å². The van der Waals surface area contributed by atoms with Crippen LogP contribution in [0.25, 0.3) is 0 Å². The van der Waals surface area contributed by atoms with Gasteiger partial charge in [0.25, 0.3) is 0 Å². The molecular formula is C15H13N5O2. The highest BCUT2D eigenvalue weighted by atomic mass is 16.6. The first kappa shape index (κ1) is 13.7. The second kappa shape index (κ2) is 5.65. The minimum Gasteiger partial charge on any atom is -0.390 e. The lowest BCUT2D eigenvalue weighted by Gasteiger charge is -2.16. The summed E-state index contributed by atoms with van der Waals surface area (Å²) >= 11 is 0. The molecule has 0 fully saturated rings. The Balaban J connectivity index is 2.16. The number of nitrogen functional groups attached to an aromatic ring is 1. The first-order valence-electron chi connectivity index (χ1n) is 6.63. The van der Waals surface area contributed by atoms with Gasteiger partial charge in [-0.2, -0.15) is 0 Å². The zero-order valence-electron chi connectivity index (χ0n) is 11.5. The van der Waals surface area contributed by atoms with Gasteiger partial charge < -0.3 is 15.8 Å². The van der Waals surface area contributed by atoms with Crippen molar-refractivity contribution in [2.45, 2.75) is 6.04 Å². The van der Waals surface area contributed by atoms with Gasteiger partial charge in [0.1, 0.15) is 6.04 Å². The van der Waals surface area contributed by atoms with Gasteiger partial charge in [-0.3, -0.25) is 0 Å². The SMILES string of the molecule is Nc1nc([N+](=O)[O-])nn1C(c1ccccc1)c1ccccc1. The third kappa shape index (κ3) is 2.51. The maximum Gasteiger partial charge on any atom is 0.493 e. The topological polar surface area (TPSA) is 99.9 Å². The van der Waals surface area contributed by atoms with Gasteiger partial charge in [0.2, 0.25) is 0 Å². The van der Waals surface area contributed by atoms with Crippen molar-refractivity contribution in [3.8, 4) is 0 Å². The summed E-state index contributed by atoms with van der Waals surface area (Å²) < 4.78 is 1.38. The molecule has 0 amide bonds. The molecule has 0 bridgehead atoms. The molecular weight excluding hydrogens is 282 g/mol. The third-order valence-electron chi connectivity index (χ3n) is 3.28. The lowest BCUT2D eigenvalue weighted by atomic mass is 9.99. The molecule has 1 heterocycles. The number of nitrogens with zero attached hydrogens (tertiary/aromatic N) is 4. The van der Waals surface area contributed by atoms with Crippen LogP contribution in [-0.4, -0.2) is 19.7 Å². The van der Waals surface area contributed by atoms with E-state index >= 15 is 0 Å². The predicted molar refractivity (Wildman–Crippen MR) is 81.2 cm³/mol. The molecule has 3 aromatic rings. The van der Waals surface area contributed by atoms with Crippen LogP contribution in [0, 0.1) is 10.1 Å². The summed E-state index contributed by atoms with van der Waals surface area (Å²) in [7, 11) is 0. The fraction of sp³-hybridized carbons (Fsp3) is 0.0667. The Morgan fingerprint density at radius 2 is 1.50 bits per heavy atom. The molecule has 22 heavy (non-hydrogen) atoms. The van der Waals surface area contributed by atoms with E-state index in [1.54, 1.807) is 0 Å². The number of benzene rings is 2. The molecule has 7 nitrogen and oxygen atoms in total. The largest absolute Gasteiger partial charge is 0.493 e. The Bertz CT molecular complexity index is 747. The molecule has 2 aromatic carbocycles. The summed E-state index contributed by atoms with van der Waals surface area (Å²) in [6, 6.07) is 18.7. The van der Waals surface area contributed by atoms with Crippen molar-refractivity contribution < 1.29 is 4.92 Å². The molecule has 0 aliphatic heterocycles. The highest BCUT2D eigenvalue weighted by Crippen LogP contribution is 2.28. The molecule has 1 aromatic heterocycles. The third-order valence-corrected chi connectivity index (χ3v) is 3.28. The van der Waals surface area contributed by atoms with Crippen molar-refractivity contribution in [3.05, 3.63) is 81.9 Å². The van der Waals surface area contributed by atoms with Gasteiger partial charge in [-0.15, -0.1) is 4.68 Å². The van der Waals surface area contributed by atoms with Crippen molar-refractivity contribution >= 4 is 11.9 Å². The second-order valence-corrected chi connectivity index (χ2v) is 4.70. The zero-order chi connectivity index (χ0) is 15.5. The van der Waals surface area contributed by atoms with Crippen molar-refractivity contribution in [3.63, 3.8) is 0 Å². The first-order chi connectivity index (χ1) is 10.7. The summed E-state index contributed by atoms with van der Waals surface area (Å²) in [5, 5.41) is 14.8. The second-order valence-electron chi connectivity index (χ2n) is 4.70. The number of nitro groups is 1. The molecule has 0 saturated carbocycles. The Labute approximate surface area is 126 Å². The number of nitrogens with two attached hydrogens (primary N) is 1. The van der Waals surface area contributed by atoms with E-state index < -0.39 is 10.9 Å². The van der Waals surface area contributed by atoms with E-state index in [0.29, 0.717) is 0 Å². The smallest absolute Gasteiger partial charge is 0.390 e. The van der Waals surface area contributed by atoms with E-state index in [2.05, 4.69) is 10.1 Å². The van der Waals surface area contributed by atoms with Crippen LogP contribution in [0.5, 0.6) is 0 Å². The monoisotopic (exact) mass is 295 g/mol. The molecule has 0 unspecified atom stereocenters. The zero-order valence-corrected chi connectivity index (χ0v) is 11.5. The summed E-state index contributed by atoms with van der Waals surface area (Å²) in [4.78, 5) is 13.9. The lowest BCUT2D eigenvalue weighted by molar-refractivity contribution is -0.394. The summed E-state index contributed by atoms with van der Waals surface area (Å²) in [6.07, 6.45) is 0. The lowest BCUT2D eigenvalue weighted by Crippen LogP contribution is -2.16. The molecule has 7 heteroatoms. The molecule has 110 valence electrons. The van der Waals surface area contributed by atoms with E-state index in [1.807, 2.05) is 60.7 Å². The van der Waals surface area contributed by atoms with Crippen LogP contribution in [0.1, 0.15) is 17.2 Å². The molecule has 0 aliphatic carbocycles. The highest BCUT2D eigenvalue weighted by molar-refractivity contribution is 5.36. The Kier molecular flexibility index (Phi) is 3.53. The predicted octanol–water partition coefficient (Wildman–Crippen LogP) is 2.41. The number of rotatable bonds is 4. The molecule has 0 spiro atoms. The van der Waals surface area contributed by atoms with Gasteiger partial charge >= 0.3 is 11.9 Å². The number of hydrogen-bond acceptors (Lipinski definition) is 5. The number of hydrogen-bond donors (Lipinski definition) is 1. The van der Waals surface area contributed by atoms with E-state index in [0.717, 1.165) is 11.1 Å². The van der Waals surface area contributed by atoms with Gasteiger partial charge in [-0.25, -0.2) is 0 Å². The van der Waals surface area contributed by atoms with Crippen molar-refractivity contribution in [2.75, 3.05) is 5.73 Å². The molecule has 0 saturated heterocycles. The van der Waals surface area contributed by atoms with Gasteiger partial charge in [0.05, 0.1) is 0 Å². The van der Waals surface area contributed by atoms with Gasteiger partial charge in [0.15, 0.2) is 0 Å². The molecule has 2 N–H and O–H groups in total. The highest BCUT2D eigenvalue weighted by Gasteiger charge is 2.27. The fourth-order valence-corrected chi connectivity index (χ4v) is 2.34. The average Bonchev–Trinajstić information content (AvgIpc) is 2.92. The number of anilines is 1. The maximum atomic E-state index is 10.9. The minimum absolute atomic E-state index is 0.00408. The van der Waals surface area contributed by atoms with Crippen LogP contribution >= 0.6 is 0 Å². The van der Waals surface area contributed by atoms with Gasteiger partial charge in [-0.1, -0.05) is 60.7 Å². The van der Waals surface area contributed by atoms with Crippen LogP contribution in [0.3, 0.4) is 0 Å². The van der Waals surface area contributed by atoms with Crippen LogP contribution in [0.4, 0.5) is 11.9 Å². The average molecular weight is 295 g/mol.